The van der Waals surface area contributed by atoms with Crippen molar-refractivity contribution in [2.24, 2.45) is 0 Å². The largest absolute Gasteiger partial charge is 0.379 e. The third-order valence-electron chi connectivity index (χ3n) is 3.78. The minimum atomic E-state index is -3.27. The highest BCUT2D eigenvalue weighted by Gasteiger charge is 2.22. The van der Waals surface area contributed by atoms with Gasteiger partial charge >= 0.3 is 0 Å². The van der Waals surface area contributed by atoms with Crippen molar-refractivity contribution in [1.29, 1.82) is 0 Å². The molecule has 0 saturated carbocycles. The van der Waals surface area contributed by atoms with E-state index in [0.717, 1.165) is 51.4 Å². The summed E-state index contributed by atoms with van der Waals surface area (Å²) in [6.45, 7) is 8.46. The number of sulfone groups is 1. The summed E-state index contributed by atoms with van der Waals surface area (Å²) in [6, 6.07) is 0. The van der Waals surface area contributed by atoms with Crippen LogP contribution in [-0.2, 0) is 27.7 Å². The van der Waals surface area contributed by atoms with E-state index in [1.165, 1.54) is 0 Å². The molecule has 1 aromatic rings. The summed E-state index contributed by atoms with van der Waals surface area (Å²) >= 11 is 0. The summed E-state index contributed by atoms with van der Waals surface area (Å²) < 4.78 is 31.6. The van der Waals surface area contributed by atoms with Gasteiger partial charge in [-0.05, 0) is 6.42 Å². The Morgan fingerprint density at radius 3 is 2.62 bits per heavy atom. The molecule has 0 amide bonds. The maximum absolute atomic E-state index is 12.2. The molecule has 0 unspecified atom stereocenters. The molecule has 6 nitrogen and oxygen atoms in total. The standard InChI is InChI=1S/C14H25N3O3S/c1-3-5-6-17-13(12-16-7-9-20-10-8-16)11-15-14(17)21(18,19)4-2/h11H,3-10,12H2,1-2H3. The maximum atomic E-state index is 12.2. The average Bonchev–Trinajstić information content (AvgIpc) is 2.89. The molecule has 1 saturated heterocycles. The van der Waals surface area contributed by atoms with Crippen molar-refractivity contribution < 1.29 is 13.2 Å². The third kappa shape index (κ3) is 4.05. The predicted molar refractivity (Wildman–Crippen MR) is 81.0 cm³/mol. The second-order valence-electron chi connectivity index (χ2n) is 5.33. The van der Waals surface area contributed by atoms with Gasteiger partial charge in [0.2, 0.25) is 15.0 Å². The normalized spacial score (nSPS) is 17.2. The van der Waals surface area contributed by atoms with E-state index in [1.807, 2.05) is 4.57 Å². The van der Waals surface area contributed by atoms with Crippen LogP contribution in [-0.4, -0.2) is 54.9 Å². The fourth-order valence-electron chi connectivity index (χ4n) is 2.44. The Balaban J connectivity index is 2.23. The first-order chi connectivity index (χ1) is 10.1. The van der Waals surface area contributed by atoms with E-state index in [-0.39, 0.29) is 10.9 Å². The molecule has 0 spiro atoms. The van der Waals surface area contributed by atoms with Gasteiger partial charge in [-0.2, -0.15) is 0 Å². The van der Waals surface area contributed by atoms with Crippen molar-refractivity contribution in [3.8, 4) is 0 Å². The number of hydrogen-bond donors (Lipinski definition) is 0. The monoisotopic (exact) mass is 315 g/mol. The first kappa shape index (κ1) is 16.5. The third-order valence-corrected chi connectivity index (χ3v) is 5.43. The Hall–Kier alpha value is -0.920. The number of imidazole rings is 1. The van der Waals surface area contributed by atoms with Gasteiger partial charge in [-0.25, -0.2) is 13.4 Å². The summed E-state index contributed by atoms with van der Waals surface area (Å²) in [5.74, 6) is 0.0904. The van der Waals surface area contributed by atoms with Gasteiger partial charge in [0.05, 0.1) is 30.9 Å². The van der Waals surface area contributed by atoms with E-state index in [4.69, 9.17) is 4.74 Å². The van der Waals surface area contributed by atoms with Crippen LogP contribution in [0.5, 0.6) is 0 Å². The highest BCUT2D eigenvalue weighted by molar-refractivity contribution is 7.91. The minimum absolute atomic E-state index is 0.0904. The van der Waals surface area contributed by atoms with E-state index in [2.05, 4.69) is 16.8 Å². The maximum Gasteiger partial charge on any atom is 0.227 e. The van der Waals surface area contributed by atoms with E-state index < -0.39 is 9.84 Å². The van der Waals surface area contributed by atoms with Crippen LogP contribution >= 0.6 is 0 Å². The Kier molecular flexibility index (Phi) is 5.78. The molecule has 120 valence electrons. The SMILES string of the molecule is CCCCn1c(CN2CCOCC2)cnc1S(=O)(=O)CC. The van der Waals surface area contributed by atoms with Crippen LogP contribution in [0, 0.1) is 0 Å². The minimum Gasteiger partial charge on any atom is -0.379 e. The van der Waals surface area contributed by atoms with Crippen LogP contribution < -0.4 is 0 Å². The van der Waals surface area contributed by atoms with E-state index in [9.17, 15) is 8.42 Å². The lowest BCUT2D eigenvalue weighted by atomic mass is 10.3. The molecule has 0 N–H and O–H groups in total. The van der Waals surface area contributed by atoms with Gasteiger partial charge in [0.15, 0.2) is 0 Å². The molecule has 1 aliphatic heterocycles. The molecule has 2 heterocycles. The lowest BCUT2D eigenvalue weighted by Crippen LogP contribution is -2.36. The van der Waals surface area contributed by atoms with Crippen molar-refractivity contribution in [1.82, 2.24) is 14.5 Å². The number of hydrogen-bond acceptors (Lipinski definition) is 5. The zero-order valence-corrected chi connectivity index (χ0v) is 13.7. The molecule has 0 radical (unpaired) electrons. The van der Waals surface area contributed by atoms with Gasteiger partial charge in [0, 0.05) is 26.2 Å². The first-order valence-corrected chi connectivity index (χ1v) is 9.31. The highest BCUT2D eigenvalue weighted by Crippen LogP contribution is 2.16. The number of nitrogens with zero attached hydrogens (tertiary/aromatic N) is 3. The zero-order chi connectivity index (χ0) is 15.3. The fraction of sp³-hybridized carbons (Fsp3) is 0.786. The van der Waals surface area contributed by atoms with Crippen LogP contribution in [0.3, 0.4) is 0 Å². The van der Waals surface area contributed by atoms with Crippen LogP contribution in [0.15, 0.2) is 11.4 Å². The summed E-state index contributed by atoms with van der Waals surface area (Å²) in [4.78, 5) is 6.48. The van der Waals surface area contributed by atoms with Gasteiger partial charge in [-0.3, -0.25) is 4.90 Å². The van der Waals surface area contributed by atoms with Crippen LogP contribution in [0.2, 0.25) is 0 Å². The molecule has 0 bridgehead atoms. The molecule has 1 fully saturated rings. The summed E-state index contributed by atoms with van der Waals surface area (Å²) in [7, 11) is -3.27. The average molecular weight is 315 g/mol. The Bertz CT molecular complexity index is 548. The quantitative estimate of drug-likeness (QED) is 0.759. The number of ether oxygens (including phenoxy) is 1. The topological polar surface area (TPSA) is 64.4 Å². The van der Waals surface area contributed by atoms with Gasteiger partial charge in [-0.1, -0.05) is 20.3 Å². The van der Waals surface area contributed by atoms with Gasteiger partial charge in [0.25, 0.3) is 0 Å². The molecule has 0 aliphatic carbocycles. The molecular formula is C14H25N3O3S. The molecule has 1 aliphatic rings. The van der Waals surface area contributed by atoms with E-state index in [0.29, 0.717) is 6.54 Å². The van der Waals surface area contributed by atoms with Crippen molar-refractivity contribution in [2.75, 3.05) is 32.1 Å². The lowest BCUT2D eigenvalue weighted by Gasteiger charge is -2.26. The molecule has 2 rings (SSSR count). The Labute approximate surface area is 127 Å². The fourth-order valence-corrected chi connectivity index (χ4v) is 3.46. The Morgan fingerprint density at radius 1 is 1.29 bits per heavy atom. The molecule has 21 heavy (non-hydrogen) atoms. The predicted octanol–water partition coefficient (Wildman–Crippen LogP) is 1.31. The van der Waals surface area contributed by atoms with E-state index in [1.54, 1.807) is 13.1 Å². The van der Waals surface area contributed by atoms with Crippen molar-refractivity contribution in [3.63, 3.8) is 0 Å². The number of rotatable bonds is 7. The van der Waals surface area contributed by atoms with Crippen molar-refractivity contribution in [2.45, 2.75) is 44.9 Å². The number of morpholine rings is 1. The molecule has 0 aromatic carbocycles. The van der Waals surface area contributed by atoms with Gasteiger partial charge < -0.3 is 9.30 Å². The first-order valence-electron chi connectivity index (χ1n) is 7.65. The van der Waals surface area contributed by atoms with Crippen molar-refractivity contribution >= 4 is 9.84 Å². The summed E-state index contributed by atoms with van der Waals surface area (Å²) in [5, 5.41) is 0.224. The zero-order valence-electron chi connectivity index (χ0n) is 12.9. The van der Waals surface area contributed by atoms with Crippen LogP contribution in [0.25, 0.3) is 0 Å². The van der Waals surface area contributed by atoms with E-state index >= 15 is 0 Å². The second kappa shape index (κ2) is 7.38. The molecule has 1 aromatic heterocycles. The second-order valence-corrected chi connectivity index (χ2v) is 7.50. The van der Waals surface area contributed by atoms with Crippen LogP contribution in [0.4, 0.5) is 0 Å². The van der Waals surface area contributed by atoms with Crippen LogP contribution in [0.1, 0.15) is 32.4 Å². The number of aromatic nitrogens is 2. The Morgan fingerprint density at radius 2 is 2.00 bits per heavy atom. The molecule has 7 heteroatoms. The summed E-state index contributed by atoms with van der Waals surface area (Å²) in [6.07, 6.45) is 3.70. The number of unbranched alkanes of at least 4 members (excludes halogenated alkanes) is 1. The smallest absolute Gasteiger partial charge is 0.227 e. The van der Waals surface area contributed by atoms with Gasteiger partial charge in [-0.15, -0.1) is 0 Å². The van der Waals surface area contributed by atoms with Gasteiger partial charge in [0.1, 0.15) is 0 Å². The lowest BCUT2D eigenvalue weighted by molar-refractivity contribution is 0.0330. The highest BCUT2D eigenvalue weighted by atomic mass is 32.2. The molecular weight excluding hydrogens is 290 g/mol. The molecule has 0 atom stereocenters. The van der Waals surface area contributed by atoms with Crippen molar-refractivity contribution in [3.05, 3.63) is 11.9 Å². The summed E-state index contributed by atoms with van der Waals surface area (Å²) in [5.41, 5.74) is 0.984.